The molecule has 2 rings (SSSR count). The van der Waals surface area contributed by atoms with Crippen molar-refractivity contribution in [3.8, 4) is 5.82 Å². The Bertz CT molecular complexity index is 430. The van der Waals surface area contributed by atoms with Crippen molar-refractivity contribution in [2.45, 2.75) is 13.5 Å². The highest BCUT2D eigenvalue weighted by atomic mass is 15.3. The predicted molar refractivity (Wildman–Crippen MR) is 58.9 cm³/mol. The molecule has 4 heteroatoms. The third kappa shape index (κ3) is 2.22. The quantitative estimate of drug-likeness (QED) is 0.815. The second kappa shape index (κ2) is 4.23. The standard InChI is InChI=1S/C11H14N4/c1-9-5-6-15(14-9)11-4-3-10(7-12-2)8-13-11/h3-6,8,12H,7H2,1-2H3. The Kier molecular flexibility index (Phi) is 2.78. The highest BCUT2D eigenvalue weighted by molar-refractivity contribution is 5.24. The maximum atomic E-state index is 4.34. The minimum Gasteiger partial charge on any atom is -0.316 e. The summed E-state index contributed by atoms with van der Waals surface area (Å²) < 4.78 is 1.78. The molecule has 0 amide bonds. The Labute approximate surface area is 89.0 Å². The van der Waals surface area contributed by atoms with Crippen molar-refractivity contribution in [2.24, 2.45) is 0 Å². The van der Waals surface area contributed by atoms with E-state index in [0.29, 0.717) is 0 Å². The highest BCUT2D eigenvalue weighted by Crippen LogP contribution is 2.05. The molecule has 0 atom stereocenters. The number of nitrogens with one attached hydrogen (secondary N) is 1. The molecule has 0 aliphatic rings. The molecular formula is C11H14N4. The molecule has 0 unspecified atom stereocenters. The summed E-state index contributed by atoms with van der Waals surface area (Å²) in [6.45, 7) is 2.80. The van der Waals surface area contributed by atoms with Gasteiger partial charge in [-0.25, -0.2) is 9.67 Å². The third-order valence-electron chi connectivity index (χ3n) is 2.15. The van der Waals surface area contributed by atoms with E-state index >= 15 is 0 Å². The van der Waals surface area contributed by atoms with Gasteiger partial charge in [-0.15, -0.1) is 0 Å². The van der Waals surface area contributed by atoms with E-state index in [9.17, 15) is 0 Å². The summed E-state index contributed by atoms with van der Waals surface area (Å²) in [7, 11) is 1.92. The van der Waals surface area contributed by atoms with Gasteiger partial charge in [-0.3, -0.25) is 0 Å². The fourth-order valence-electron chi connectivity index (χ4n) is 1.40. The lowest BCUT2D eigenvalue weighted by atomic mass is 10.3. The average Bonchev–Trinajstić information content (AvgIpc) is 2.67. The molecular weight excluding hydrogens is 188 g/mol. The molecule has 0 saturated carbocycles. The lowest BCUT2D eigenvalue weighted by molar-refractivity contribution is 0.798. The molecule has 4 nitrogen and oxygen atoms in total. The molecule has 0 radical (unpaired) electrons. The molecule has 78 valence electrons. The summed E-state index contributed by atoms with van der Waals surface area (Å²) in [5.74, 6) is 0.850. The molecule has 2 aromatic heterocycles. The van der Waals surface area contributed by atoms with Crippen molar-refractivity contribution in [2.75, 3.05) is 7.05 Å². The van der Waals surface area contributed by atoms with Crippen LogP contribution in [0.15, 0.2) is 30.6 Å². The summed E-state index contributed by atoms with van der Waals surface area (Å²) >= 11 is 0. The van der Waals surface area contributed by atoms with Crippen molar-refractivity contribution in [1.82, 2.24) is 20.1 Å². The molecule has 2 heterocycles. The van der Waals surface area contributed by atoms with Crippen LogP contribution in [-0.4, -0.2) is 21.8 Å². The number of nitrogens with zero attached hydrogens (tertiary/aromatic N) is 3. The van der Waals surface area contributed by atoms with Gasteiger partial charge in [0.25, 0.3) is 0 Å². The monoisotopic (exact) mass is 202 g/mol. The van der Waals surface area contributed by atoms with Gasteiger partial charge in [-0.2, -0.15) is 5.10 Å². The van der Waals surface area contributed by atoms with Crippen LogP contribution in [0.1, 0.15) is 11.3 Å². The summed E-state index contributed by atoms with van der Waals surface area (Å²) in [5, 5.41) is 7.38. The van der Waals surface area contributed by atoms with Gasteiger partial charge < -0.3 is 5.32 Å². The van der Waals surface area contributed by atoms with Crippen LogP contribution >= 0.6 is 0 Å². The zero-order valence-corrected chi connectivity index (χ0v) is 8.94. The fraction of sp³-hybridized carbons (Fsp3) is 0.273. The van der Waals surface area contributed by atoms with Crippen LogP contribution in [0.5, 0.6) is 0 Å². The molecule has 0 aromatic carbocycles. The van der Waals surface area contributed by atoms with Crippen molar-refractivity contribution >= 4 is 0 Å². The first-order chi connectivity index (χ1) is 7.29. The van der Waals surface area contributed by atoms with Crippen LogP contribution < -0.4 is 5.32 Å². The number of aromatic nitrogens is 3. The largest absolute Gasteiger partial charge is 0.316 e. The Hall–Kier alpha value is -1.68. The zero-order valence-electron chi connectivity index (χ0n) is 8.94. The van der Waals surface area contributed by atoms with Gasteiger partial charge in [-0.05, 0) is 31.7 Å². The molecule has 0 aliphatic carbocycles. The van der Waals surface area contributed by atoms with Gasteiger partial charge >= 0.3 is 0 Å². The molecule has 0 saturated heterocycles. The summed E-state index contributed by atoms with van der Waals surface area (Å²) in [6, 6.07) is 5.98. The van der Waals surface area contributed by atoms with Gasteiger partial charge in [-0.1, -0.05) is 6.07 Å². The van der Waals surface area contributed by atoms with E-state index in [0.717, 1.165) is 18.1 Å². The maximum Gasteiger partial charge on any atom is 0.153 e. The Balaban J connectivity index is 2.23. The van der Waals surface area contributed by atoms with Crippen LogP contribution in [0.4, 0.5) is 0 Å². The first-order valence-electron chi connectivity index (χ1n) is 4.92. The van der Waals surface area contributed by atoms with Crippen molar-refractivity contribution in [3.63, 3.8) is 0 Å². The van der Waals surface area contributed by atoms with E-state index in [4.69, 9.17) is 0 Å². The topological polar surface area (TPSA) is 42.7 Å². The summed E-state index contributed by atoms with van der Waals surface area (Å²) in [5.41, 5.74) is 2.17. The molecule has 2 aromatic rings. The van der Waals surface area contributed by atoms with Crippen LogP contribution in [0.3, 0.4) is 0 Å². The van der Waals surface area contributed by atoms with Crippen molar-refractivity contribution in [1.29, 1.82) is 0 Å². The second-order valence-electron chi connectivity index (χ2n) is 3.46. The first-order valence-corrected chi connectivity index (χ1v) is 4.92. The average molecular weight is 202 g/mol. The first kappa shape index (κ1) is 9.86. The number of pyridine rings is 1. The minimum atomic E-state index is 0.839. The lowest BCUT2D eigenvalue weighted by Crippen LogP contribution is -2.06. The van der Waals surface area contributed by atoms with Gasteiger partial charge in [0.1, 0.15) is 0 Å². The SMILES string of the molecule is CNCc1ccc(-n2ccc(C)n2)nc1. The number of hydrogen-bond acceptors (Lipinski definition) is 3. The van der Waals surface area contributed by atoms with E-state index in [1.54, 1.807) is 4.68 Å². The van der Waals surface area contributed by atoms with Crippen LogP contribution in [0.25, 0.3) is 5.82 Å². The molecule has 15 heavy (non-hydrogen) atoms. The normalized spacial score (nSPS) is 10.5. The van der Waals surface area contributed by atoms with Crippen LogP contribution in [0, 0.1) is 6.92 Å². The van der Waals surface area contributed by atoms with E-state index in [1.807, 2.05) is 38.5 Å². The number of rotatable bonds is 3. The molecule has 0 fully saturated rings. The molecule has 0 spiro atoms. The fourth-order valence-corrected chi connectivity index (χ4v) is 1.40. The van der Waals surface area contributed by atoms with E-state index in [1.165, 1.54) is 5.56 Å². The van der Waals surface area contributed by atoms with Gasteiger partial charge in [0, 0.05) is 18.9 Å². The Morgan fingerprint density at radius 2 is 2.20 bits per heavy atom. The van der Waals surface area contributed by atoms with Crippen LogP contribution in [-0.2, 0) is 6.54 Å². The van der Waals surface area contributed by atoms with Crippen molar-refractivity contribution < 1.29 is 0 Å². The van der Waals surface area contributed by atoms with Gasteiger partial charge in [0.05, 0.1) is 5.69 Å². The predicted octanol–water partition coefficient (Wildman–Crippen LogP) is 1.30. The zero-order chi connectivity index (χ0) is 10.7. The third-order valence-corrected chi connectivity index (χ3v) is 2.15. The van der Waals surface area contributed by atoms with E-state index in [2.05, 4.69) is 21.5 Å². The second-order valence-corrected chi connectivity index (χ2v) is 3.46. The van der Waals surface area contributed by atoms with E-state index in [-0.39, 0.29) is 0 Å². The Morgan fingerprint density at radius 3 is 2.73 bits per heavy atom. The van der Waals surface area contributed by atoms with Gasteiger partial charge in [0.15, 0.2) is 5.82 Å². The summed E-state index contributed by atoms with van der Waals surface area (Å²) in [6.07, 6.45) is 3.78. The highest BCUT2D eigenvalue weighted by Gasteiger charge is 1.99. The minimum absolute atomic E-state index is 0.839. The molecule has 0 bridgehead atoms. The van der Waals surface area contributed by atoms with Crippen molar-refractivity contribution in [3.05, 3.63) is 41.9 Å². The van der Waals surface area contributed by atoms with Gasteiger partial charge in [0.2, 0.25) is 0 Å². The van der Waals surface area contributed by atoms with E-state index < -0.39 is 0 Å². The molecule has 1 N–H and O–H groups in total. The smallest absolute Gasteiger partial charge is 0.153 e. The lowest BCUT2D eigenvalue weighted by Gasteiger charge is -2.02. The maximum absolute atomic E-state index is 4.34. The summed E-state index contributed by atoms with van der Waals surface area (Å²) in [4.78, 5) is 4.34. The number of hydrogen-bond donors (Lipinski definition) is 1. The Morgan fingerprint density at radius 1 is 1.33 bits per heavy atom. The van der Waals surface area contributed by atoms with Crippen LogP contribution in [0.2, 0.25) is 0 Å². The molecule has 0 aliphatic heterocycles. The number of aryl methyl sites for hydroxylation is 1.